The van der Waals surface area contributed by atoms with E-state index >= 15 is 0 Å². The number of nitrogen functional groups attached to an aromatic ring is 1. The summed E-state index contributed by atoms with van der Waals surface area (Å²) in [7, 11) is 0. The molecule has 2 N–H and O–H groups in total. The molecule has 0 spiro atoms. The molecule has 0 fully saturated rings. The molecule has 0 saturated heterocycles. The van der Waals surface area contributed by atoms with Crippen LogP contribution in [-0.2, 0) is 0 Å². The molecule has 0 aliphatic carbocycles. The Balaban J connectivity index is 2.34. The van der Waals surface area contributed by atoms with Gasteiger partial charge in [0.05, 0.1) is 5.69 Å². The van der Waals surface area contributed by atoms with Gasteiger partial charge in [-0.25, -0.2) is 4.39 Å². The molecule has 0 aliphatic heterocycles. The van der Waals surface area contributed by atoms with E-state index in [-0.39, 0.29) is 22.5 Å². The Morgan fingerprint density at radius 3 is 2.76 bits per heavy atom. The van der Waals surface area contributed by atoms with Gasteiger partial charge in [-0.2, -0.15) is 4.98 Å². The maximum atomic E-state index is 13.5. The molecule has 0 radical (unpaired) electrons. The van der Waals surface area contributed by atoms with Crippen LogP contribution >= 0.6 is 27.5 Å². The molecule has 2 rings (SSSR count). The first-order valence-electron chi connectivity index (χ1n) is 4.61. The van der Waals surface area contributed by atoms with Gasteiger partial charge in [0.25, 0.3) is 0 Å². The fourth-order valence-electron chi connectivity index (χ4n) is 1.17. The predicted octanol–water partition coefficient (Wildman–Crippen LogP) is 4.01. The topological polar surface area (TPSA) is 48.1 Å². The number of benzene rings is 1. The third kappa shape index (κ3) is 2.87. The highest BCUT2D eigenvalue weighted by atomic mass is 79.9. The second-order valence-electron chi connectivity index (χ2n) is 3.21. The van der Waals surface area contributed by atoms with Crippen molar-refractivity contribution in [2.75, 3.05) is 5.73 Å². The normalized spacial score (nSPS) is 10.3. The first-order chi connectivity index (χ1) is 8.06. The maximum Gasteiger partial charge on any atom is 0.244 e. The summed E-state index contributed by atoms with van der Waals surface area (Å²) in [4.78, 5) is 3.87. The van der Waals surface area contributed by atoms with Crippen molar-refractivity contribution in [1.29, 1.82) is 0 Å². The molecular weight excluding hydrogens is 310 g/mol. The number of aromatic nitrogens is 1. The Bertz CT molecular complexity index is 565. The molecule has 6 heteroatoms. The molecule has 2 aromatic rings. The molecule has 0 atom stereocenters. The second-order valence-corrected chi connectivity index (χ2v) is 4.51. The number of nitrogens with zero attached hydrogens (tertiary/aromatic N) is 1. The van der Waals surface area contributed by atoms with Gasteiger partial charge in [-0.05, 0) is 30.3 Å². The van der Waals surface area contributed by atoms with Gasteiger partial charge in [0.2, 0.25) is 5.88 Å². The Hall–Kier alpha value is -1.33. The number of rotatable bonds is 2. The van der Waals surface area contributed by atoms with E-state index in [1.807, 2.05) is 0 Å². The molecule has 17 heavy (non-hydrogen) atoms. The largest absolute Gasteiger partial charge is 0.434 e. The van der Waals surface area contributed by atoms with Crippen molar-refractivity contribution in [1.82, 2.24) is 4.98 Å². The van der Waals surface area contributed by atoms with Gasteiger partial charge < -0.3 is 10.5 Å². The summed E-state index contributed by atoms with van der Waals surface area (Å²) < 4.78 is 19.4. The van der Waals surface area contributed by atoms with E-state index in [1.54, 1.807) is 12.1 Å². The van der Waals surface area contributed by atoms with Crippen LogP contribution in [0.5, 0.6) is 11.6 Å². The number of nitrogens with two attached hydrogens (primary N) is 1. The molecule has 0 saturated carbocycles. The quantitative estimate of drug-likeness (QED) is 0.851. The van der Waals surface area contributed by atoms with Crippen LogP contribution in [0.4, 0.5) is 10.1 Å². The zero-order valence-corrected chi connectivity index (χ0v) is 10.8. The lowest BCUT2D eigenvalue weighted by Crippen LogP contribution is -1.96. The van der Waals surface area contributed by atoms with E-state index in [9.17, 15) is 4.39 Å². The minimum atomic E-state index is -0.513. The summed E-state index contributed by atoms with van der Waals surface area (Å²) in [5.74, 6) is -0.395. The van der Waals surface area contributed by atoms with E-state index in [4.69, 9.17) is 22.1 Å². The van der Waals surface area contributed by atoms with Crippen LogP contribution in [0.2, 0.25) is 5.15 Å². The molecule has 0 aliphatic rings. The summed E-state index contributed by atoms with van der Waals surface area (Å²) in [5, 5.41) is 0.228. The Morgan fingerprint density at radius 2 is 2.06 bits per heavy atom. The third-order valence-corrected chi connectivity index (χ3v) is 2.66. The number of hydrogen-bond acceptors (Lipinski definition) is 3. The van der Waals surface area contributed by atoms with E-state index < -0.39 is 5.82 Å². The summed E-state index contributed by atoms with van der Waals surface area (Å²) in [6, 6.07) is 7.49. The molecule has 1 aromatic heterocycles. The molecule has 3 nitrogen and oxygen atoms in total. The molecule has 0 bridgehead atoms. The molecule has 0 unspecified atom stereocenters. The average Bonchev–Trinajstić information content (AvgIpc) is 2.27. The monoisotopic (exact) mass is 316 g/mol. The fourth-order valence-corrected chi connectivity index (χ4v) is 1.65. The average molecular weight is 318 g/mol. The van der Waals surface area contributed by atoms with Crippen molar-refractivity contribution >= 4 is 33.2 Å². The van der Waals surface area contributed by atoms with Crippen molar-refractivity contribution in [2.24, 2.45) is 0 Å². The zero-order chi connectivity index (χ0) is 12.4. The lowest BCUT2D eigenvalue weighted by atomic mass is 10.3. The highest BCUT2D eigenvalue weighted by Crippen LogP contribution is 2.29. The van der Waals surface area contributed by atoms with E-state index in [1.165, 1.54) is 18.2 Å². The molecular formula is C11H7BrClFN2O. The summed E-state index contributed by atoms with van der Waals surface area (Å²) in [6.45, 7) is 0. The van der Waals surface area contributed by atoms with Gasteiger partial charge in [-0.1, -0.05) is 27.5 Å². The van der Waals surface area contributed by atoms with Crippen LogP contribution < -0.4 is 10.5 Å². The second kappa shape index (κ2) is 4.89. The molecule has 1 heterocycles. The van der Waals surface area contributed by atoms with Crippen molar-refractivity contribution < 1.29 is 9.13 Å². The Morgan fingerprint density at radius 1 is 1.29 bits per heavy atom. The van der Waals surface area contributed by atoms with E-state index in [0.29, 0.717) is 4.47 Å². The van der Waals surface area contributed by atoms with Crippen molar-refractivity contribution in [3.8, 4) is 11.6 Å². The van der Waals surface area contributed by atoms with Crippen molar-refractivity contribution in [3.05, 3.63) is 45.8 Å². The van der Waals surface area contributed by atoms with E-state index in [0.717, 1.165) is 0 Å². The van der Waals surface area contributed by atoms with Gasteiger partial charge in [0.15, 0.2) is 11.6 Å². The summed E-state index contributed by atoms with van der Waals surface area (Å²) in [6.07, 6.45) is 0. The predicted molar refractivity (Wildman–Crippen MR) is 67.8 cm³/mol. The number of halogens is 3. The number of anilines is 1. The highest BCUT2D eigenvalue weighted by Gasteiger charge is 2.09. The van der Waals surface area contributed by atoms with Gasteiger partial charge in [0.1, 0.15) is 5.15 Å². The van der Waals surface area contributed by atoms with Crippen LogP contribution in [0.25, 0.3) is 0 Å². The van der Waals surface area contributed by atoms with Gasteiger partial charge in [-0.15, -0.1) is 0 Å². The van der Waals surface area contributed by atoms with Crippen LogP contribution in [0.3, 0.4) is 0 Å². The van der Waals surface area contributed by atoms with E-state index in [2.05, 4.69) is 20.9 Å². The Labute approximate surface area is 110 Å². The van der Waals surface area contributed by atoms with Gasteiger partial charge >= 0.3 is 0 Å². The number of ether oxygens (including phenoxy) is 1. The third-order valence-electron chi connectivity index (χ3n) is 1.96. The summed E-state index contributed by atoms with van der Waals surface area (Å²) in [5.41, 5.74) is 5.93. The standard InChI is InChI=1S/C11H7BrClFN2O/c12-6-1-3-9(7(14)5-6)17-11-8(15)2-4-10(13)16-11/h1-5H,15H2. The highest BCUT2D eigenvalue weighted by molar-refractivity contribution is 9.10. The smallest absolute Gasteiger partial charge is 0.244 e. The lowest BCUT2D eigenvalue weighted by molar-refractivity contribution is 0.429. The Kier molecular flexibility index (Phi) is 3.49. The first-order valence-corrected chi connectivity index (χ1v) is 5.78. The molecule has 1 aromatic carbocycles. The van der Waals surface area contributed by atoms with Crippen molar-refractivity contribution in [3.63, 3.8) is 0 Å². The summed E-state index contributed by atoms with van der Waals surface area (Å²) >= 11 is 8.85. The van der Waals surface area contributed by atoms with Gasteiger partial charge in [0, 0.05) is 4.47 Å². The molecule has 88 valence electrons. The van der Waals surface area contributed by atoms with Crippen LogP contribution in [0.1, 0.15) is 0 Å². The fraction of sp³-hybridized carbons (Fsp3) is 0. The minimum absolute atomic E-state index is 0.0367. The van der Waals surface area contributed by atoms with Crippen LogP contribution in [0, 0.1) is 5.82 Å². The van der Waals surface area contributed by atoms with Crippen LogP contribution in [-0.4, -0.2) is 4.98 Å². The number of hydrogen-bond donors (Lipinski definition) is 1. The lowest BCUT2D eigenvalue weighted by Gasteiger charge is -2.08. The maximum absolute atomic E-state index is 13.5. The first kappa shape index (κ1) is 12.1. The van der Waals surface area contributed by atoms with Gasteiger partial charge in [-0.3, -0.25) is 0 Å². The van der Waals surface area contributed by atoms with Crippen molar-refractivity contribution in [2.45, 2.75) is 0 Å². The minimum Gasteiger partial charge on any atom is -0.434 e. The molecule has 0 amide bonds. The van der Waals surface area contributed by atoms with Crippen LogP contribution in [0.15, 0.2) is 34.8 Å². The number of pyridine rings is 1. The zero-order valence-electron chi connectivity index (χ0n) is 8.45. The SMILES string of the molecule is Nc1ccc(Cl)nc1Oc1ccc(Br)cc1F.